The molecule has 0 atom stereocenters. The van der Waals surface area contributed by atoms with Crippen molar-refractivity contribution in [1.29, 1.82) is 0 Å². The van der Waals surface area contributed by atoms with Gasteiger partial charge in [0.1, 0.15) is 11.2 Å². The van der Waals surface area contributed by atoms with Crippen LogP contribution in [-0.4, -0.2) is 0 Å². The number of nitrogens with zero attached hydrogens (tertiary/aromatic N) is 2. The molecule has 410 valence electrons. The summed E-state index contributed by atoms with van der Waals surface area (Å²) in [6.07, 6.45) is 9.69. The molecule has 4 heteroatoms. The number of anilines is 6. The van der Waals surface area contributed by atoms with Crippen molar-refractivity contribution in [1.82, 2.24) is 0 Å². The van der Waals surface area contributed by atoms with Crippen LogP contribution in [0.1, 0.15) is 108 Å². The second kappa shape index (κ2) is 19.8. The molecule has 0 unspecified atom stereocenters. The number of hydrogen-bond donors (Lipinski definition) is 0. The number of aryl methyl sites for hydroxylation is 6. The summed E-state index contributed by atoms with van der Waals surface area (Å²) >= 11 is 0. The molecule has 14 aromatic rings. The largest absolute Gasteiger partial charge is 0.453 e. The summed E-state index contributed by atoms with van der Waals surface area (Å²) in [6, 6.07) is 73.4. The fourth-order valence-corrected chi connectivity index (χ4v) is 15.2. The maximum Gasteiger partial charge on any atom is 0.159 e. The van der Waals surface area contributed by atoms with Gasteiger partial charge < -0.3 is 18.6 Å². The zero-order valence-corrected chi connectivity index (χ0v) is 49.0. The van der Waals surface area contributed by atoms with Crippen molar-refractivity contribution >= 4 is 110 Å². The molecule has 0 aliphatic heterocycles. The smallest absolute Gasteiger partial charge is 0.159 e. The maximum absolute atomic E-state index is 7.40. The van der Waals surface area contributed by atoms with Crippen LogP contribution in [0.5, 0.6) is 0 Å². The van der Waals surface area contributed by atoms with Crippen molar-refractivity contribution in [3.8, 4) is 22.3 Å². The van der Waals surface area contributed by atoms with Crippen LogP contribution in [0.4, 0.5) is 34.1 Å². The average Bonchev–Trinajstić information content (AvgIpc) is 1.15. The molecule has 12 aromatic carbocycles. The molecule has 2 aromatic heterocycles. The van der Waals surface area contributed by atoms with Gasteiger partial charge in [0.05, 0.1) is 22.7 Å². The predicted octanol–water partition coefficient (Wildman–Crippen LogP) is 23.8. The molecule has 2 aliphatic carbocycles. The second-order valence-electron chi connectivity index (χ2n) is 24.7. The van der Waals surface area contributed by atoms with Crippen molar-refractivity contribution in [3.05, 3.63) is 239 Å². The van der Waals surface area contributed by atoms with Gasteiger partial charge >= 0.3 is 0 Å². The Balaban J connectivity index is 1.01. The van der Waals surface area contributed by atoms with Crippen molar-refractivity contribution in [2.75, 3.05) is 9.80 Å². The van der Waals surface area contributed by atoms with Gasteiger partial charge in [0.25, 0.3) is 0 Å². The maximum atomic E-state index is 7.40. The van der Waals surface area contributed by atoms with Crippen LogP contribution in [-0.2, 0) is 0 Å². The van der Waals surface area contributed by atoms with Crippen LogP contribution in [0.25, 0.3) is 98.4 Å². The minimum atomic E-state index is 0.435. The lowest BCUT2D eigenvalue weighted by Gasteiger charge is -2.32. The van der Waals surface area contributed by atoms with Gasteiger partial charge in [-0.25, -0.2) is 0 Å². The second-order valence-corrected chi connectivity index (χ2v) is 24.7. The lowest BCUT2D eigenvalue weighted by Crippen LogP contribution is -2.14. The Bertz CT molecular complexity index is 4650. The van der Waals surface area contributed by atoms with E-state index in [9.17, 15) is 0 Å². The zero-order valence-electron chi connectivity index (χ0n) is 49.0. The Kier molecular flexibility index (Phi) is 11.9. The van der Waals surface area contributed by atoms with E-state index in [1.165, 1.54) is 151 Å². The Labute approximate surface area is 491 Å². The zero-order chi connectivity index (χ0) is 56.5. The van der Waals surface area contributed by atoms with Crippen LogP contribution in [0.3, 0.4) is 0 Å². The first-order chi connectivity index (χ1) is 41.2. The van der Waals surface area contributed by atoms with Crippen LogP contribution in [0.2, 0.25) is 0 Å². The van der Waals surface area contributed by atoms with Crippen molar-refractivity contribution in [2.24, 2.45) is 0 Å². The minimum absolute atomic E-state index is 0.435. The molecule has 2 heterocycles. The summed E-state index contributed by atoms with van der Waals surface area (Å²) in [6.45, 7) is 13.4. The molecule has 2 saturated carbocycles. The van der Waals surface area contributed by atoms with Gasteiger partial charge in [0, 0.05) is 54.8 Å². The third-order valence-corrected chi connectivity index (χ3v) is 19.8. The van der Waals surface area contributed by atoms with E-state index in [1.807, 2.05) is 0 Å². The molecule has 0 bridgehead atoms. The molecule has 4 nitrogen and oxygen atoms in total. The molecule has 0 spiro atoms. The monoisotopic (exact) mass is 1090 g/mol. The first-order valence-electron chi connectivity index (χ1n) is 30.7. The quantitative estimate of drug-likeness (QED) is 0.128. The molecule has 0 radical (unpaired) electrons. The van der Waals surface area contributed by atoms with E-state index in [1.54, 1.807) is 0 Å². The van der Waals surface area contributed by atoms with Gasteiger partial charge in [-0.05, 0) is 205 Å². The summed E-state index contributed by atoms with van der Waals surface area (Å²) in [4.78, 5) is 5.12. The Morgan fingerprint density at radius 1 is 0.286 bits per heavy atom. The predicted molar refractivity (Wildman–Crippen MR) is 356 cm³/mol. The number of rotatable bonds is 10. The molecule has 84 heavy (non-hydrogen) atoms. The first-order valence-corrected chi connectivity index (χ1v) is 30.7. The molecule has 0 N–H and O–H groups in total. The number of furan rings is 2. The van der Waals surface area contributed by atoms with E-state index in [4.69, 9.17) is 8.83 Å². The van der Waals surface area contributed by atoms with Crippen molar-refractivity contribution < 1.29 is 8.83 Å². The first kappa shape index (κ1) is 50.6. The van der Waals surface area contributed by atoms with E-state index in [-0.39, 0.29) is 0 Å². The van der Waals surface area contributed by atoms with Gasteiger partial charge in [0.2, 0.25) is 0 Å². The SMILES string of the molecule is Cc1ccc(N(c2cc(C3CCCC3)c3ccc4c(N(c5ccc(C)c(C)c5)c5cccc6c5oc5c(-c7ccccc7C)cccc56)cc(C5CCCC5)c5ccc2c3c54)c2cccc3c2oc2c(-c4ccccc4C)cccc23)cc1C. The molecule has 16 rings (SSSR count). The van der Waals surface area contributed by atoms with Gasteiger partial charge in [-0.1, -0.05) is 171 Å². The Morgan fingerprint density at radius 2 is 0.655 bits per heavy atom. The molecule has 0 amide bonds. The van der Waals surface area contributed by atoms with E-state index >= 15 is 0 Å². The summed E-state index contributed by atoms with van der Waals surface area (Å²) in [5.41, 5.74) is 25.3. The molecule has 0 saturated heterocycles. The minimum Gasteiger partial charge on any atom is -0.453 e. The highest BCUT2D eigenvalue weighted by atomic mass is 16.3. The lowest BCUT2D eigenvalue weighted by atomic mass is 9.82. The average molecular weight is 1090 g/mol. The molecule has 2 aliphatic rings. The van der Waals surface area contributed by atoms with E-state index < -0.39 is 0 Å². The Morgan fingerprint density at radius 3 is 1.06 bits per heavy atom. The fraction of sp³-hybridized carbons (Fsp3) is 0.200. The van der Waals surface area contributed by atoms with E-state index in [2.05, 4.69) is 245 Å². The van der Waals surface area contributed by atoms with E-state index in [0.717, 1.165) is 77.8 Å². The molecular formula is C80H68N2O2. The third kappa shape index (κ3) is 7.86. The lowest BCUT2D eigenvalue weighted by molar-refractivity contribution is 0.669. The fourth-order valence-electron chi connectivity index (χ4n) is 15.2. The summed E-state index contributed by atoms with van der Waals surface area (Å²) in [5.74, 6) is 0.870. The van der Waals surface area contributed by atoms with Crippen molar-refractivity contribution in [3.63, 3.8) is 0 Å². The Hall–Kier alpha value is -9.12. The van der Waals surface area contributed by atoms with Crippen molar-refractivity contribution in [2.45, 2.75) is 105 Å². The van der Waals surface area contributed by atoms with Gasteiger partial charge in [0.15, 0.2) is 11.2 Å². The van der Waals surface area contributed by atoms with Gasteiger partial charge in [-0.3, -0.25) is 0 Å². The number of para-hydroxylation sites is 4. The topological polar surface area (TPSA) is 32.8 Å². The van der Waals surface area contributed by atoms with Gasteiger partial charge in [-0.15, -0.1) is 0 Å². The molecule has 2 fully saturated rings. The highest BCUT2D eigenvalue weighted by Crippen LogP contribution is 2.56. The van der Waals surface area contributed by atoms with E-state index in [0.29, 0.717) is 11.8 Å². The van der Waals surface area contributed by atoms with Gasteiger partial charge in [-0.2, -0.15) is 0 Å². The standard InChI is InChI=1S/C80H68N2O2/c1-47-35-37-55(43-51(47)5)81(71-33-17-31-65-63-29-15-27-61(77(63)83-79(65)71)57-25-13-7-19-49(57)3)73-45-69(53-21-9-10-22-53)59-40-42-68-74(46-70(54-23-11-12-24-54)60-39-41-67(73)75(59)76(60)68)82(56-38-36-48(2)52(6)44-56)72-34-18-32-66-64-30-16-28-62(78(64)84-80(66)72)58-26-14-8-20-50(58)4/h7-8,13-20,25-46,53-54H,9-12,21-24H2,1-6H3. The van der Waals surface area contributed by atoms with Crippen LogP contribution in [0.15, 0.2) is 203 Å². The summed E-state index contributed by atoms with van der Waals surface area (Å²) < 4.78 is 14.8. The van der Waals surface area contributed by atoms with Crippen LogP contribution < -0.4 is 9.80 Å². The normalized spacial score (nSPS) is 14.3. The summed E-state index contributed by atoms with van der Waals surface area (Å²) in [5, 5.41) is 12.4. The van der Waals surface area contributed by atoms with Crippen LogP contribution in [0, 0.1) is 41.5 Å². The summed E-state index contributed by atoms with van der Waals surface area (Å²) in [7, 11) is 0. The molecular weight excluding hydrogens is 1020 g/mol. The number of hydrogen-bond acceptors (Lipinski definition) is 4. The van der Waals surface area contributed by atoms with Crippen LogP contribution >= 0.6 is 0 Å². The third-order valence-electron chi connectivity index (χ3n) is 19.8. The number of fused-ring (bicyclic) bond motifs is 6. The number of benzene rings is 12. The highest BCUT2D eigenvalue weighted by Gasteiger charge is 2.32. The highest BCUT2D eigenvalue weighted by molar-refractivity contribution is 6.30.